The van der Waals surface area contributed by atoms with Crippen molar-refractivity contribution in [3.05, 3.63) is 0 Å². The van der Waals surface area contributed by atoms with Gasteiger partial charge in [0.2, 0.25) is 17.7 Å². The van der Waals surface area contributed by atoms with Crippen molar-refractivity contribution < 1.29 is 105 Å². The SMILES string of the molecule is CC(=O)N[C@H]1[C@H](OCCCCC(=O)NCCCNC(=O)OC(=O)CCCCO[C@@H]2O[C@H](COC(C)=O)[C@H](OC(C)=O)[C@H](OC(C)=O)[C@H]2NC(C)=O)O[C@H](COC(C)=O)[C@H](OC(C)=O)[C@@H]1OC(C)=O. The van der Waals surface area contributed by atoms with Crippen molar-refractivity contribution in [2.45, 2.75) is 162 Å². The molecule has 2 aliphatic heterocycles. The molecule has 0 aromatic heterocycles. The summed E-state index contributed by atoms with van der Waals surface area (Å²) in [6.07, 6.45) is -9.55. The summed E-state index contributed by atoms with van der Waals surface area (Å²) in [5, 5.41) is 10.3. The second-order valence-electron chi connectivity index (χ2n) is 15.5. The van der Waals surface area contributed by atoms with Gasteiger partial charge in [0.1, 0.15) is 37.5 Å². The second-order valence-corrected chi connectivity index (χ2v) is 15.5. The van der Waals surface area contributed by atoms with Crippen LogP contribution in [0.1, 0.15) is 100 Å². The molecule has 0 aliphatic carbocycles. The number of unbranched alkanes of at least 4 members (excludes halogenated alkanes) is 2. The summed E-state index contributed by atoms with van der Waals surface area (Å²) in [4.78, 5) is 132. The van der Waals surface area contributed by atoms with E-state index in [0.29, 0.717) is 19.3 Å². The molecule has 4 N–H and O–H groups in total. The van der Waals surface area contributed by atoms with Crippen molar-refractivity contribution in [1.82, 2.24) is 21.3 Å². The van der Waals surface area contributed by atoms with E-state index < -0.39 is 128 Å². The van der Waals surface area contributed by atoms with Crippen LogP contribution in [-0.2, 0) is 100 Å². The van der Waals surface area contributed by atoms with Gasteiger partial charge in [0.25, 0.3) is 0 Å². The monoisotopic (exact) mass is 976 g/mol. The zero-order chi connectivity index (χ0) is 50.9. The van der Waals surface area contributed by atoms with Crippen LogP contribution in [-0.4, -0.2) is 166 Å². The smallest absolute Gasteiger partial charge is 0.414 e. The molecule has 2 heterocycles. The molecule has 2 fully saturated rings. The van der Waals surface area contributed by atoms with E-state index in [1.807, 2.05) is 0 Å². The van der Waals surface area contributed by atoms with E-state index >= 15 is 0 Å². The molecule has 0 unspecified atom stereocenters. The first-order valence-electron chi connectivity index (χ1n) is 21.9. The number of alkyl carbamates (subject to hydrolysis) is 1. The molecule has 384 valence electrons. The van der Waals surface area contributed by atoms with Crippen LogP contribution in [0.15, 0.2) is 0 Å². The van der Waals surface area contributed by atoms with E-state index in [1.54, 1.807) is 0 Å². The minimum atomic E-state index is -1.30. The number of carbonyl (C=O) groups is 11. The number of hydrogen-bond acceptors (Lipinski definition) is 22. The second kappa shape index (κ2) is 30.4. The molecule has 0 saturated carbocycles. The summed E-state index contributed by atoms with van der Waals surface area (Å²) < 4.78 is 60.0. The molecule has 2 saturated heterocycles. The van der Waals surface area contributed by atoms with E-state index in [2.05, 4.69) is 21.3 Å². The molecule has 0 radical (unpaired) electrons. The topological polar surface area (TPSA) is 337 Å². The Morgan fingerprint density at radius 2 is 0.853 bits per heavy atom. The Hall–Kier alpha value is -5.99. The fourth-order valence-electron chi connectivity index (χ4n) is 6.81. The van der Waals surface area contributed by atoms with E-state index in [1.165, 1.54) is 13.8 Å². The predicted octanol–water partition coefficient (Wildman–Crippen LogP) is -0.568. The lowest BCUT2D eigenvalue weighted by Crippen LogP contribution is -2.66. The minimum absolute atomic E-state index is 0.0220. The number of nitrogens with one attached hydrogen (secondary N) is 4. The van der Waals surface area contributed by atoms with Gasteiger partial charge in [-0.25, -0.2) is 4.79 Å². The lowest BCUT2D eigenvalue weighted by atomic mass is 9.96. The molecule has 10 atom stereocenters. The van der Waals surface area contributed by atoms with E-state index in [-0.39, 0.29) is 64.5 Å². The molecule has 4 amide bonds. The highest BCUT2D eigenvalue weighted by Gasteiger charge is 2.52. The lowest BCUT2D eigenvalue weighted by molar-refractivity contribution is -0.277. The Balaban J connectivity index is 1.76. The van der Waals surface area contributed by atoms with Gasteiger partial charge in [-0.2, -0.15) is 0 Å². The lowest BCUT2D eigenvalue weighted by Gasteiger charge is -2.44. The Kier molecular flexibility index (Phi) is 26.0. The summed E-state index contributed by atoms with van der Waals surface area (Å²) in [6, 6.07) is -2.29. The van der Waals surface area contributed by atoms with Crippen LogP contribution in [0, 0.1) is 0 Å². The van der Waals surface area contributed by atoms with E-state index in [4.69, 9.17) is 52.1 Å². The molecule has 0 bridgehead atoms. The van der Waals surface area contributed by atoms with E-state index in [9.17, 15) is 52.7 Å². The van der Waals surface area contributed by atoms with Crippen LogP contribution in [0.3, 0.4) is 0 Å². The van der Waals surface area contributed by atoms with Gasteiger partial charge in [0.15, 0.2) is 37.0 Å². The Morgan fingerprint density at radius 1 is 0.456 bits per heavy atom. The van der Waals surface area contributed by atoms with Crippen LogP contribution in [0.25, 0.3) is 0 Å². The van der Waals surface area contributed by atoms with Crippen molar-refractivity contribution in [3.8, 4) is 0 Å². The van der Waals surface area contributed by atoms with Crippen LogP contribution >= 0.6 is 0 Å². The third-order valence-corrected chi connectivity index (χ3v) is 9.43. The maximum Gasteiger partial charge on any atom is 0.414 e. The number of amides is 4. The summed E-state index contributed by atoms with van der Waals surface area (Å²) in [5.41, 5.74) is 0. The van der Waals surface area contributed by atoms with Crippen LogP contribution in [0.4, 0.5) is 4.79 Å². The average Bonchev–Trinajstić information content (AvgIpc) is 3.21. The van der Waals surface area contributed by atoms with Crippen molar-refractivity contribution >= 4 is 65.6 Å². The highest BCUT2D eigenvalue weighted by atomic mass is 16.7. The predicted molar refractivity (Wildman–Crippen MR) is 225 cm³/mol. The Labute approximate surface area is 392 Å². The first-order valence-corrected chi connectivity index (χ1v) is 21.9. The van der Waals surface area contributed by atoms with Crippen molar-refractivity contribution in [1.29, 1.82) is 0 Å². The molecule has 0 aromatic carbocycles. The number of carbonyl (C=O) groups excluding carboxylic acids is 11. The number of esters is 7. The van der Waals surface area contributed by atoms with Crippen molar-refractivity contribution in [2.24, 2.45) is 0 Å². The largest absolute Gasteiger partial charge is 0.463 e. The van der Waals surface area contributed by atoms with Gasteiger partial charge in [-0.05, 0) is 32.1 Å². The number of ether oxygens (including phenoxy) is 11. The van der Waals surface area contributed by atoms with Crippen molar-refractivity contribution in [2.75, 3.05) is 39.5 Å². The third-order valence-electron chi connectivity index (χ3n) is 9.43. The minimum Gasteiger partial charge on any atom is -0.463 e. The molecule has 26 nitrogen and oxygen atoms in total. The maximum atomic E-state index is 12.4. The highest BCUT2D eigenvalue weighted by molar-refractivity contribution is 5.84. The fraction of sp³-hybridized carbons (Fsp3) is 0.738. The fourth-order valence-corrected chi connectivity index (χ4v) is 6.81. The van der Waals surface area contributed by atoms with Gasteiger partial charge in [0.05, 0.1) is 0 Å². The molecular formula is C42H64N4O22. The highest BCUT2D eigenvalue weighted by Crippen LogP contribution is 2.30. The summed E-state index contributed by atoms with van der Waals surface area (Å²) in [6.45, 7) is 8.63. The third kappa shape index (κ3) is 22.7. The van der Waals surface area contributed by atoms with Gasteiger partial charge < -0.3 is 73.4 Å². The van der Waals surface area contributed by atoms with Gasteiger partial charge in [0, 0.05) is 94.5 Å². The standard InChI is InChI=1S/C42H64N4O22/c1-22(47)45-34-38(64-28(7)53)36(62-26(5)51)30(20-60-24(3)49)66-40(34)58-18-11-9-14-32(55)43-16-13-17-44-42(57)68-33(56)15-10-12-19-59-41-35(46-23(2)48)39(65-29(8)54)37(63-27(6)52)31(67-41)21-61-25(4)50/h30-31,34-41H,9-21H2,1-8H3,(H,43,55)(H,44,57)(H,45,47)(H,46,48)/t30-,31-,34-,35-,36+,37+,38-,39-,40-,41-/m1/s1. The molecular weight excluding hydrogens is 912 g/mol. The quantitative estimate of drug-likeness (QED) is 0.0365. The first-order chi connectivity index (χ1) is 32.1. The molecule has 0 spiro atoms. The summed E-state index contributed by atoms with van der Waals surface area (Å²) >= 11 is 0. The number of hydrogen-bond donors (Lipinski definition) is 4. The average molecular weight is 977 g/mol. The Bertz CT molecular complexity index is 1760. The zero-order valence-electron chi connectivity index (χ0n) is 39.4. The summed E-state index contributed by atoms with van der Waals surface area (Å²) in [5.74, 6) is -6.54. The molecule has 26 heteroatoms. The van der Waals surface area contributed by atoms with Crippen molar-refractivity contribution in [3.63, 3.8) is 0 Å². The van der Waals surface area contributed by atoms with Crippen LogP contribution in [0.2, 0.25) is 0 Å². The van der Waals surface area contributed by atoms with E-state index in [0.717, 1.165) is 41.5 Å². The first kappa shape index (κ1) is 58.1. The van der Waals surface area contributed by atoms with Gasteiger partial charge in [-0.3, -0.25) is 47.9 Å². The molecule has 2 rings (SSSR count). The normalized spacial score (nSPS) is 24.1. The van der Waals surface area contributed by atoms with Gasteiger partial charge in [-0.15, -0.1) is 0 Å². The molecule has 68 heavy (non-hydrogen) atoms. The van der Waals surface area contributed by atoms with Crippen LogP contribution < -0.4 is 21.3 Å². The van der Waals surface area contributed by atoms with Crippen LogP contribution in [0.5, 0.6) is 0 Å². The summed E-state index contributed by atoms with van der Waals surface area (Å²) in [7, 11) is 0. The number of rotatable bonds is 26. The maximum absolute atomic E-state index is 12.4. The van der Waals surface area contributed by atoms with Gasteiger partial charge in [-0.1, -0.05) is 0 Å². The zero-order valence-corrected chi connectivity index (χ0v) is 39.4. The molecule has 0 aromatic rings. The van der Waals surface area contributed by atoms with Gasteiger partial charge >= 0.3 is 47.9 Å². The molecule has 2 aliphatic rings. The Morgan fingerprint density at radius 3 is 1.25 bits per heavy atom.